The van der Waals surface area contributed by atoms with Crippen molar-refractivity contribution in [2.45, 2.75) is 37.1 Å². The van der Waals surface area contributed by atoms with E-state index in [1.807, 2.05) is 0 Å². The van der Waals surface area contributed by atoms with E-state index in [1.54, 1.807) is 0 Å². The van der Waals surface area contributed by atoms with Gasteiger partial charge in [0.2, 0.25) is 11.7 Å². The van der Waals surface area contributed by atoms with E-state index in [-0.39, 0.29) is 28.0 Å². The first-order valence-electron chi connectivity index (χ1n) is 11.3. The molecule has 5 atom stereocenters. The number of methoxy groups -OCH3 is 1. The zero-order valence-electron chi connectivity index (χ0n) is 19.8. The number of hydrogen-bond acceptors (Lipinski definition) is 13. The molecular formula is C25H24O13. The van der Waals surface area contributed by atoms with Gasteiger partial charge in [-0.2, -0.15) is 0 Å². The molecule has 1 saturated heterocycles. The zero-order valence-corrected chi connectivity index (χ0v) is 19.8. The Morgan fingerprint density at radius 2 is 1.68 bits per heavy atom. The fourth-order valence-electron chi connectivity index (χ4n) is 3.82. The smallest absolute Gasteiger partial charge is 0.317 e. The molecule has 1 aromatic heterocycles. The van der Waals surface area contributed by atoms with Crippen LogP contribution < -0.4 is 10.2 Å². The minimum Gasteiger partial charge on any atom is -0.508 e. The van der Waals surface area contributed by atoms with Crippen molar-refractivity contribution in [3.05, 3.63) is 52.9 Å². The summed E-state index contributed by atoms with van der Waals surface area (Å²) in [5, 5.41) is 50.6. The van der Waals surface area contributed by atoms with Crippen LogP contribution in [0.1, 0.15) is 6.42 Å². The van der Waals surface area contributed by atoms with Crippen LogP contribution in [0.4, 0.5) is 0 Å². The van der Waals surface area contributed by atoms with Gasteiger partial charge in [-0.05, 0) is 17.7 Å². The number of hydrogen-bond donors (Lipinski definition) is 5. The van der Waals surface area contributed by atoms with Gasteiger partial charge >= 0.3 is 11.9 Å². The van der Waals surface area contributed by atoms with E-state index in [4.69, 9.17) is 18.6 Å². The molecule has 0 aliphatic carbocycles. The normalized spacial score (nSPS) is 23.1. The summed E-state index contributed by atoms with van der Waals surface area (Å²) in [7, 11) is 1.09. The molecule has 5 N–H and O–H groups in total. The van der Waals surface area contributed by atoms with Gasteiger partial charge in [0.25, 0.3) is 0 Å². The van der Waals surface area contributed by atoms with Gasteiger partial charge in [0.15, 0.2) is 0 Å². The van der Waals surface area contributed by atoms with Gasteiger partial charge in [-0.3, -0.25) is 14.4 Å². The van der Waals surface area contributed by atoms with E-state index in [0.29, 0.717) is 5.56 Å². The lowest BCUT2D eigenvalue weighted by molar-refractivity contribution is -0.278. The van der Waals surface area contributed by atoms with Crippen LogP contribution in [-0.2, 0) is 23.8 Å². The predicted molar refractivity (Wildman–Crippen MR) is 126 cm³/mol. The maximum absolute atomic E-state index is 13.0. The molecule has 1 aliphatic rings. The number of carbonyl (C=O) groups is 2. The molecular weight excluding hydrogens is 508 g/mol. The number of aliphatic hydroxyl groups excluding tert-OH is 3. The molecule has 0 bridgehead atoms. The molecule has 2 heterocycles. The molecule has 1 aliphatic heterocycles. The zero-order chi connectivity index (χ0) is 27.6. The average molecular weight is 532 g/mol. The second kappa shape index (κ2) is 11.1. The minimum absolute atomic E-state index is 0.00918. The van der Waals surface area contributed by atoms with E-state index in [0.717, 1.165) is 13.2 Å². The van der Waals surface area contributed by atoms with Gasteiger partial charge < -0.3 is 48.9 Å². The Kier molecular flexibility index (Phi) is 7.83. The number of phenols is 2. The van der Waals surface area contributed by atoms with Crippen LogP contribution in [0.5, 0.6) is 17.2 Å². The molecule has 2 aromatic carbocycles. The summed E-state index contributed by atoms with van der Waals surface area (Å²) in [6, 6.07) is 8.11. The van der Waals surface area contributed by atoms with Gasteiger partial charge in [0.1, 0.15) is 71.9 Å². The minimum atomic E-state index is -1.77. The quantitative estimate of drug-likeness (QED) is 0.204. The summed E-state index contributed by atoms with van der Waals surface area (Å²) in [5.74, 6) is -2.42. The van der Waals surface area contributed by atoms with Crippen molar-refractivity contribution in [2.24, 2.45) is 0 Å². The number of carbonyl (C=O) groups excluding carboxylic acids is 2. The Hall–Kier alpha value is -4.17. The van der Waals surface area contributed by atoms with Crippen LogP contribution in [0.15, 0.2) is 51.9 Å². The van der Waals surface area contributed by atoms with Crippen LogP contribution >= 0.6 is 0 Å². The van der Waals surface area contributed by atoms with E-state index in [2.05, 4.69) is 4.74 Å². The van der Waals surface area contributed by atoms with Crippen molar-refractivity contribution in [1.82, 2.24) is 0 Å². The average Bonchev–Trinajstić information content (AvgIpc) is 2.88. The molecule has 0 radical (unpaired) electrons. The third-order valence-corrected chi connectivity index (χ3v) is 5.85. The number of benzene rings is 2. The fraction of sp³-hybridized carbons (Fsp3) is 0.320. The van der Waals surface area contributed by atoms with E-state index >= 15 is 0 Å². The number of rotatable bonds is 7. The topological polar surface area (TPSA) is 202 Å². The van der Waals surface area contributed by atoms with Crippen molar-refractivity contribution in [2.75, 3.05) is 13.7 Å². The molecule has 0 saturated carbocycles. The first-order valence-corrected chi connectivity index (χ1v) is 11.3. The number of aromatic hydroxyl groups is 2. The molecule has 13 nitrogen and oxygen atoms in total. The highest BCUT2D eigenvalue weighted by molar-refractivity contribution is 5.91. The van der Waals surface area contributed by atoms with Gasteiger partial charge in [0.05, 0.1) is 12.7 Å². The van der Waals surface area contributed by atoms with E-state index in [1.165, 1.54) is 36.6 Å². The molecule has 0 amide bonds. The molecule has 202 valence electrons. The molecule has 0 spiro atoms. The SMILES string of the molecule is COC(=O)CC(=O)OC[C@@H]1O[C@@H](Oc2cc(O)c3c(=O)c(-c4ccc(O)cc4)coc3c2)[C@@H](O)[C@@H](O)[C@@H]1O. The Morgan fingerprint density at radius 3 is 2.37 bits per heavy atom. The van der Waals surface area contributed by atoms with Crippen molar-refractivity contribution in [3.63, 3.8) is 0 Å². The van der Waals surface area contributed by atoms with Gasteiger partial charge in [-0.15, -0.1) is 0 Å². The number of esters is 2. The number of ether oxygens (including phenoxy) is 4. The first-order chi connectivity index (χ1) is 18.1. The number of phenolic OH excluding ortho intramolecular Hbond substituents is 2. The molecule has 3 aromatic rings. The van der Waals surface area contributed by atoms with Crippen LogP contribution in [0.2, 0.25) is 0 Å². The fourth-order valence-corrected chi connectivity index (χ4v) is 3.82. The lowest BCUT2D eigenvalue weighted by Crippen LogP contribution is -2.60. The third kappa shape index (κ3) is 5.55. The van der Waals surface area contributed by atoms with Crippen LogP contribution in [0.25, 0.3) is 22.1 Å². The highest BCUT2D eigenvalue weighted by Gasteiger charge is 2.45. The Labute approximate surface area is 214 Å². The Balaban J connectivity index is 1.53. The lowest BCUT2D eigenvalue weighted by Gasteiger charge is -2.39. The number of aliphatic hydroxyl groups is 3. The van der Waals surface area contributed by atoms with Crippen molar-refractivity contribution < 1.29 is 58.5 Å². The van der Waals surface area contributed by atoms with Gasteiger partial charge in [0, 0.05) is 12.1 Å². The van der Waals surface area contributed by atoms with E-state index in [9.17, 15) is 39.9 Å². The standard InChI is InChI=1S/C25H24O13/c1-34-18(28)8-19(29)36-10-17-22(31)23(32)24(33)25(38-17)37-13-6-15(27)20-16(7-13)35-9-14(21(20)30)11-2-4-12(26)5-3-11/h2-7,9,17,22-27,31-33H,8,10H2,1H3/t17-,22+,23-,24-,25+/m0/s1. The highest BCUT2D eigenvalue weighted by Crippen LogP contribution is 2.33. The molecule has 38 heavy (non-hydrogen) atoms. The molecule has 0 unspecified atom stereocenters. The van der Waals surface area contributed by atoms with Gasteiger partial charge in [-0.25, -0.2) is 0 Å². The first kappa shape index (κ1) is 26.9. The summed E-state index contributed by atoms with van der Waals surface area (Å²) in [6.45, 7) is -0.585. The monoisotopic (exact) mass is 532 g/mol. The second-order valence-corrected chi connectivity index (χ2v) is 8.41. The number of fused-ring (bicyclic) bond motifs is 1. The van der Waals surface area contributed by atoms with E-state index < -0.39 is 66.9 Å². The van der Waals surface area contributed by atoms with Crippen LogP contribution in [0.3, 0.4) is 0 Å². The van der Waals surface area contributed by atoms with Crippen molar-refractivity contribution in [1.29, 1.82) is 0 Å². The predicted octanol–water partition coefficient (Wildman–Crippen LogP) is 0.164. The third-order valence-electron chi connectivity index (χ3n) is 5.85. The summed E-state index contributed by atoms with van der Waals surface area (Å²) >= 11 is 0. The molecule has 13 heteroatoms. The maximum Gasteiger partial charge on any atom is 0.317 e. The Morgan fingerprint density at radius 1 is 0.974 bits per heavy atom. The van der Waals surface area contributed by atoms with Crippen LogP contribution in [0, 0.1) is 0 Å². The summed E-state index contributed by atoms with van der Waals surface area (Å²) < 4.78 is 25.8. The highest BCUT2D eigenvalue weighted by atomic mass is 16.7. The largest absolute Gasteiger partial charge is 0.508 e. The lowest BCUT2D eigenvalue weighted by atomic mass is 9.99. The van der Waals surface area contributed by atoms with Crippen LogP contribution in [-0.4, -0.2) is 81.9 Å². The summed E-state index contributed by atoms with van der Waals surface area (Å²) in [5.41, 5.74) is -0.0361. The van der Waals surface area contributed by atoms with Crippen molar-refractivity contribution in [3.8, 4) is 28.4 Å². The molecule has 4 rings (SSSR count). The van der Waals surface area contributed by atoms with Crippen molar-refractivity contribution >= 4 is 22.9 Å². The Bertz CT molecular complexity index is 1380. The maximum atomic E-state index is 13.0. The summed E-state index contributed by atoms with van der Waals surface area (Å²) in [6.07, 6.45) is -7.65. The second-order valence-electron chi connectivity index (χ2n) is 8.41. The van der Waals surface area contributed by atoms with Gasteiger partial charge in [-0.1, -0.05) is 12.1 Å². The summed E-state index contributed by atoms with van der Waals surface area (Å²) in [4.78, 5) is 35.9. The molecule has 1 fully saturated rings.